The highest BCUT2D eigenvalue weighted by atomic mass is 19.1. The summed E-state index contributed by atoms with van der Waals surface area (Å²) in [6, 6.07) is 14.3. The first-order valence-corrected chi connectivity index (χ1v) is 8.91. The van der Waals surface area contributed by atoms with Gasteiger partial charge in [-0.25, -0.2) is 4.39 Å². The van der Waals surface area contributed by atoms with Gasteiger partial charge in [-0.1, -0.05) is 36.4 Å². The molecule has 4 nitrogen and oxygen atoms in total. The monoisotopic (exact) mass is 354 g/mol. The normalized spacial score (nSPS) is 17.0. The second kappa shape index (κ2) is 8.13. The Labute approximate surface area is 153 Å². The molecule has 0 spiro atoms. The molecule has 26 heavy (non-hydrogen) atoms. The van der Waals surface area contributed by atoms with Crippen LogP contribution in [0.3, 0.4) is 0 Å². The lowest BCUT2D eigenvalue weighted by Gasteiger charge is -2.32. The fraction of sp³-hybridized carbons (Fsp3) is 0.333. The zero-order valence-corrected chi connectivity index (χ0v) is 14.9. The molecule has 1 saturated heterocycles. The van der Waals surface area contributed by atoms with Crippen molar-refractivity contribution < 1.29 is 14.0 Å². The lowest BCUT2D eigenvalue weighted by Crippen LogP contribution is -2.44. The SMILES string of the molecule is Cc1ccc(NC(=O)C2CCCN(C(=O)Cc3ccccc3)C2)c(F)c1. The number of nitrogens with zero attached hydrogens (tertiary/aromatic N) is 1. The minimum atomic E-state index is -0.439. The number of nitrogens with one attached hydrogen (secondary N) is 1. The Bertz CT molecular complexity index is 792. The van der Waals surface area contributed by atoms with Crippen LogP contribution in [0.4, 0.5) is 10.1 Å². The van der Waals surface area contributed by atoms with Crippen LogP contribution in [0, 0.1) is 18.7 Å². The maximum Gasteiger partial charge on any atom is 0.229 e. The van der Waals surface area contributed by atoms with Gasteiger partial charge in [0, 0.05) is 13.1 Å². The third kappa shape index (κ3) is 4.48. The Kier molecular flexibility index (Phi) is 5.66. The number of hydrogen-bond acceptors (Lipinski definition) is 2. The molecule has 0 aliphatic carbocycles. The summed E-state index contributed by atoms with van der Waals surface area (Å²) >= 11 is 0. The number of aryl methyl sites for hydroxylation is 1. The molecular weight excluding hydrogens is 331 g/mol. The Morgan fingerprint density at radius 2 is 1.96 bits per heavy atom. The van der Waals surface area contributed by atoms with Gasteiger partial charge in [0.2, 0.25) is 11.8 Å². The number of piperidine rings is 1. The van der Waals surface area contributed by atoms with E-state index < -0.39 is 5.82 Å². The molecule has 1 aliphatic rings. The van der Waals surface area contributed by atoms with Crippen LogP contribution in [-0.4, -0.2) is 29.8 Å². The Morgan fingerprint density at radius 3 is 2.69 bits per heavy atom. The maximum atomic E-state index is 13.9. The molecule has 1 fully saturated rings. The minimum absolute atomic E-state index is 0.0233. The summed E-state index contributed by atoms with van der Waals surface area (Å²) in [4.78, 5) is 26.8. The molecule has 2 aromatic carbocycles. The van der Waals surface area contributed by atoms with Crippen LogP contribution in [0.5, 0.6) is 0 Å². The van der Waals surface area contributed by atoms with Crippen molar-refractivity contribution in [2.45, 2.75) is 26.2 Å². The van der Waals surface area contributed by atoms with Crippen molar-refractivity contribution in [1.82, 2.24) is 4.90 Å². The van der Waals surface area contributed by atoms with Gasteiger partial charge in [0.15, 0.2) is 0 Å². The first kappa shape index (κ1) is 18.1. The summed E-state index contributed by atoms with van der Waals surface area (Å²) in [5.41, 5.74) is 1.95. The lowest BCUT2D eigenvalue weighted by molar-refractivity contribution is -0.133. The molecule has 2 amide bonds. The van der Waals surface area contributed by atoms with Crippen LogP contribution >= 0.6 is 0 Å². The van der Waals surface area contributed by atoms with Crippen LogP contribution in [-0.2, 0) is 16.0 Å². The number of carbonyl (C=O) groups is 2. The number of anilines is 1. The van der Waals surface area contributed by atoms with Gasteiger partial charge in [-0.2, -0.15) is 0 Å². The van der Waals surface area contributed by atoms with Gasteiger partial charge in [-0.15, -0.1) is 0 Å². The number of rotatable bonds is 4. The van der Waals surface area contributed by atoms with E-state index in [1.165, 1.54) is 6.07 Å². The fourth-order valence-corrected chi connectivity index (χ4v) is 3.26. The quantitative estimate of drug-likeness (QED) is 0.913. The van der Waals surface area contributed by atoms with Gasteiger partial charge in [-0.05, 0) is 43.0 Å². The Balaban J connectivity index is 1.60. The standard InChI is InChI=1S/C21H23FN2O2/c1-15-9-10-19(18(22)12-15)23-21(26)17-8-5-11-24(14-17)20(25)13-16-6-3-2-4-7-16/h2-4,6-7,9-10,12,17H,5,8,11,13-14H2,1H3,(H,23,26). The molecule has 1 atom stereocenters. The largest absolute Gasteiger partial charge is 0.342 e. The van der Waals surface area contributed by atoms with Crippen molar-refractivity contribution in [2.75, 3.05) is 18.4 Å². The first-order valence-electron chi connectivity index (χ1n) is 8.91. The number of amides is 2. The second-order valence-electron chi connectivity index (χ2n) is 6.81. The van der Waals surface area contributed by atoms with Crippen molar-refractivity contribution in [3.8, 4) is 0 Å². The molecule has 1 heterocycles. The molecule has 2 aromatic rings. The molecule has 0 bridgehead atoms. The lowest BCUT2D eigenvalue weighted by atomic mass is 9.96. The number of likely N-dealkylation sites (tertiary alicyclic amines) is 1. The number of hydrogen-bond donors (Lipinski definition) is 1. The third-order valence-corrected chi connectivity index (χ3v) is 4.73. The van der Waals surface area contributed by atoms with Crippen LogP contribution in [0.25, 0.3) is 0 Å². The van der Waals surface area contributed by atoms with Crippen molar-refractivity contribution in [2.24, 2.45) is 5.92 Å². The van der Waals surface area contributed by atoms with E-state index in [-0.39, 0.29) is 23.4 Å². The second-order valence-corrected chi connectivity index (χ2v) is 6.81. The zero-order chi connectivity index (χ0) is 18.5. The minimum Gasteiger partial charge on any atom is -0.342 e. The highest BCUT2D eigenvalue weighted by Gasteiger charge is 2.28. The molecule has 1 N–H and O–H groups in total. The van der Waals surface area contributed by atoms with Crippen LogP contribution in [0.15, 0.2) is 48.5 Å². The van der Waals surface area contributed by atoms with Crippen molar-refractivity contribution in [3.05, 3.63) is 65.5 Å². The number of halogens is 1. The van der Waals surface area contributed by atoms with E-state index in [1.807, 2.05) is 30.3 Å². The fourth-order valence-electron chi connectivity index (χ4n) is 3.26. The zero-order valence-electron chi connectivity index (χ0n) is 14.9. The van der Waals surface area contributed by atoms with Crippen LogP contribution < -0.4 is 5.32 Å². The van der Waals surface area contributed by atoms with E-state index in [9.17, 15) is 14.0 Å². The van der Waals surface area contributed by atoms with Gasteiger partial charge in [0.1, 0.15) is 5.82 Å². The summed E-state index contributed by atoms with van der Waals surface area (Å²) in [6.07, 6.45) is 1.81. The van der Waals surface area contributed by atoms with E-state index in [0.29, 0.717) is 25.9 Å². The van der Waals surface area contributed by atoms with Gasteiger partial charge in [0.05, 0.1) is 18.0 Å². The molecule has 0 aromatic heterocycles. The molecule has 1 aliphatic heterocycles. The van der Waals surface area contributed by atoms with Gasteiger partial charge in [0.25, 0.3) is 0 Å². The Morgan fingerprint density at radius 1 is 1.19 bits per heavy atom. The number of benzene rings is 2. The summed E-state index contributed by atoms with van der Waals surface area (Å²) in [7, 11) is 0. The van der Waals surface area contributed by atoms with E-state index in [2.05, 4.69) is 5.32 Å². The average molecular weight is 354 g/mol. The molecule has 0 saturated carbocycles. The summed E-state index contributed by atoms with van der Waals surface area (Å²) in [5.74, 6) is -0.962. The van der Waals surface area contributed by atoms with Crippen molar-refractivity contribution >= 4 is 17.5 Å². The Hall–Kier alpha value is -2.69. The third-order valence-electron chi connectivity index (χ3n) is 4.73. The van der Waals surface area contributed by atoms with Crippen LogP contribution in [0.1, 0.15) is 24.0 Å². The maximum absolute atomic E-state index is 13.9. The smallest absolute Gasteiger partial charge is 0.229 e. The number of carbonyl (C=O) groups excluding carboxylic acids is 2. The van der Waals surface area contributed by atoms with E-state index >= 15 is 0 Å². The van der Waals surface area contributed by atoms with Gasteiger partial charge >= 0.3 is 0 Å². The average Bonchev–Trinajstić information content (AvgIpc) is 2.65. The molecule has 0 radical (unpaired) electrons. The topological polar surface area (TPSA) is 49.4 Å². The summed E-state index contributed by atoms with van der Waals surface area (Å²) in [6.45, 7) is 2.84. The van der Waals surface area contributed by atoms with Gasteiger partial charge in [-0.3, -0.25) is 9.59 Å². The van der Waals surface area contributed by atoms with E-state index in [0.717, 1.165) is 17.5 Å². The highest BCUT2D eigenvalue weighted by molar-refractivity contribution is 5.93. The molecule has 3 rings (SSSR count). The first-order chi connectivity index (χ1) is 12.5. The van der Waals surface area contributed by atoms with Crippen molar-refractivity contribution in [1.29, 1.82) is 0 Å². The highest BCUT2D eigenvalue weighted by Crippen LogP contribution is 2.21. The van der Waals surface area contributed by atoms with Crippen molar-refractivity contribution in [3.63, 3.8) is 0 Å². The summed E-state index contributed by atoms with van der Waals surface area (Å²) < 4.78 is 13.9. The summed E-state index contributed by atoms with van der Waals surface area (Å²) in [5, 5.41) is 2.66. The van der Waals surface area contributed by atoms with Crippen LogP contribution in [0.2, 0.25) is 0 Å². The predicted molar refractivity (Wildman–Crippen MR) is 99.2 cm³/mol. The van der Waals surface area contributed by atoms with E-state index in [1.54, 1.807) is 24.0 Å². The van der Waals surface area contributed by atoms with E-state index in [4.69, 9.17) is 0 Å². The predicted octanol–water partition coefficient (Wildman–Crippen LogP) is 3.55. The van der Waals surface area contributed by atoms with Gasteiger partial charge < -0.3 is 10.2 Å². The molecule has 136 valence electrons. The molecular formula is C21H23FN2O2. The molecule has 5 heteroatoms. The molecule has 1 unspecified atom stereocenters.